The molecule has 1 aliphatic heterocycles. The lowest BCUT2D eigenvalue weighted by atomic mass is 10.1. The Bertz CT molecular complexity index is 664. The van der Waals surface area contributed by atoms with Gasteiger partial charge in [0.25, 0.3) is 0 Å². The second-order valence-corrected chi connectivity index (χ2v) is 7.56. The number of fused-ring (bicyclic) bond motifs is 1. The predicted molar refractivity (Wildman–Crippen MR) is 93.3 cm³/mol. The third kappa shape index (κ3) is 3.79. The molecule has 0 saturated carbocycles. The molecule has 0 aromatic carbocycles. The fourth-order valence-corrected chi connectivity index (χ4v) is 2.34. The fraction of sp³-hybridized carbons (Fsp3) is 0.421. The molecule has 3 heteroatoms. The van der Waals surface area contributed by atoms with E-state index in [1.165, 1.54) is 11.3 Å². The number of rotatable bonds is 0. The van der Waals surface area contributed by atoms with Crippen molar-refractivity contribution in [2.75, 3.05) is 0 Å². The summed E-state index contributed by atoms with van der Waals surface area (Å²) in [6, 6.07) is 10.7. The topological polar surface area (TPSA) is 22.8 Å². The Morgan fingerprint density at radius 1 is 0.818 bits per heavy atom. The number of imidazole rings is 1. The maximum atomic E-state index is 3.95. The summed E-state index contributed by atoms with van der Waals surface area (Å²) in [5.74, 6) is 0. The minimum atomic E-state index is 0.161. The quantitative estimate of drug-likeness (QED) is 0.573. The summed E-state index contributed by atoms with van der Waals surface area (Å²) in [7, 11) is 0. The summed E-state index contributed by atoms with van der Waals surface area (Å²) in [5.41, 5.74) is 2.97. The first-order chi connectivity index (χ1) is 10.2. The predicted octanol–water partition coefficient (Wildman–Crippen LogP) is 4.99. The van der Waals surface area contributed by atoms with Crippen LogP contribution in [0.4, 0.5) is 0 Å². The Balaban J connectivity index is 0.000000172. The van der Waals surface area contributed by atoms with E-state index in [9.17, 15) is 0 Å². The molecule has 0 saturated heterocycles. The summed E-state index contributed by atoms with van der Waals surface area (Å²) in [4.78, 5) is 3.95. The van der Waals surface area contributed by atoms with Gasteiger partial charge in [0.05, 0.1) is 6.33 Å². The molecule has 2 heterocycles. The van der Waals surface area contributed by atoms with E-state index in [2.05, 4.69) is 92.2 Å². The van der Waals surface area contributed by atoms with Crippen molar-refractivity contribution in [3.8, 4) is 11.3 Å². The summed E-state index contributed by atoms with van der Waals surface area (Å²) in [5, 5.41) is 0. The zero-order valence-electron chi connectivity index (χ0n) is 14.5. The molecule has 1 aromatic rings. The van der Waals surface area contributed by atoms with Gasteiger partial charge >= 0.3 is 0 Å². The lowest BCUT2D eigenvalue weighted by molar-refractivity contribution is 0.396. The minimum Gasteiger partial charge on any atom is -0.342 e. The molecular formula is C19H27N3. The maximum absolute atomic E-state index is 3.95. The van der Waals surface area contributed by atoms with Crippen molar-refractivity contribution >= 4 is 0 Å². The smallest absolute Gasteiger partial charge is 0.0950 e. The van der Waals surface area contributed by atoms with Gasteiger partial charge in [-0.15, -0.1) is 0 Å². The third-order valence-electron chi connectivity index (χ3n) is 3.60. The Morgan fingerprint density at radius 2 is 1.50 bits per heavy atom. The zero-order chi connectivity index (χ0) is 16.4. The first-order valence-corrected chi connectivity index (χ1v) is 7.74. The maximum Gasteiger partial charge on any atom is 0.0950 e. The highest BCUT2D eigenvalue weighted by Gasteiger charge is 2.16. The van der Waals surface area contributed by atoms with E-state index in [1.807, 2.05) is 12.5 Å². The van der Waals surface area contributed by atoms with Crippen molar-refractivity contribution in [2.24, 2.45) is 0 Å². The van der Waals surface area contributed by atoms with Gasteiger partial charge in [-0.25, -0.2) is 4.98 Å². The first kappa shape index (κ1) is 16.3. The third-order valence-corrected chi connectivity index (χ3v) is 3.60. The number of nitrogens with zero attached hydrogens (tertiary/aromatic N) is 3. The highest BCUT2D eigenvalue weighted by Crippen LogP contribution is 2.27. The lowest BCUT2D eigenvalue weighted by Crippen LogP contribution is -2.22. The van der Waals surface area contributed by atoms with E-state index >= 15 is 0 Å². The van der Waals surface area contributed by atoms with Crippen LogP contribution in [0.1, 0.15) is 41.5 Å². The van der Waals surface area contributed by atoms with Crippen LogP contribution >= 0.6 is 0 Å². The molecule has 2 aliphatic rings. The molecule has 0 fully saturated rings. The minimum absolute atomic E-state index is 0.161. The Morgan fingerprint density at radius 3 is 2.00 bits per heavy atom. The number of pyridine rings is 1. The van der Waals surface area contributed by atoms with Crippen LogP contribution in [0.5, 0.6) is 0 Å². The van der Waals surface area contributed by atoms with Gasteiger partial charge in [-0.1, -0.05) is 18.2 Å². The van der Waals surface area contributed by atoms with Gasteiger partial charge in [0.1, 0.15) is 0 Å². The van der Waals surface area contributed by atoms with Crippen molar-refractivity contribution in [2.45, 2.75) is 52.6 Å². The molecule has 0 N–H and O–H groups in total. The van der Waals surface area contributed by atoms with E-state index in [4.69, 9.17) is 0 Å². The Labute approximate surface area is 134 Å². The van der Waals surface area contributed by atoms with Gasteiger partial charge in [0, 0.05) is 35.4 Å². The number of hydrogen-bond donors (Lipinski definition) is 0. The van der Waals surface area contributed by atoms with Crippen LogP contribution in [0.25, 0.3) is 11.3 Å². The van der Waals surface area contributed by atoms with E-state index in [0.717, 1.165) is 0 Å². The average Bonchev–Trinajstić information content (AvgIpc) is 3.08. The molecular weight excluding hydrogens is 270 g/mol. The molecule has 0 atom stereocenters. The van der Waals surface area contributed by atoms with Crippen LogP contribution in [0.15, 0.2) is 55.2 Å². The first-order valence-electron chi connectivity index (χ1n) is 7.74. The molecule has 0 spiro atoms. The SMILES string of the molecule is CC(C)(C)n1cccc2cccc1-2.CC(C)(C)n1ccnc1. The molecule has 1 aromatic heterocycles. The standard InChI is InChI=1S/C12H15N.C7H12N2/c1-12(2,3)13-9-5-7-10-6-4-8-11(10)13;1-7(2,3)9-5-4-8-6-9/h4-9H,1-3H3;4-6H,1-3H3. The van der Waals surface area contributed by atoms with Crippen molar-refractivity contribution in [1.29, 1.82) is 0 Å². The van der Waals surface area contributed by atoms with E-state index in [-0.39, 0.29) is 11.1 Å². The van der Waals surface area contributed by atoms with E-state index in [0.29, 0.717) is 0 Å². The van der Waals surface area contributed by atoms with Crippen LogP contribution < -0.4 is 0 Å². The van der Waals surface area contributed by atoms with Crippen LogP contribution in [-0.2, 0) is 11.1 Å². The van der Waals surface area contributed by atoms with Gasteiger partial charge < -0.3 is 9.13 Å². The molecule has 0 bridgehead atoms. The largest absolute Gasteiger partial charge is 0.342 e. The highest BCUT2D eigenvalue weighted by molar-refractivity contribution is 5.62. The monoisotopic (exact) mass is 297 g/mol. The zero-order valence-corrected chi connectivity index (χ0v) is 14.5. The fourth-order valence-electron chi connectivity index (χ4n) is 2.34. The van der Waals surface area contributed by atoms with Crippen LogP contribution in [-0.4, -0.2) is 14.1 Å². The number of aromatic nitrogens is 3. The Kier molecular flexibility index (Phi) is 4.45. The average molecular weight is 297 g/mol. The van der Waals surface area contributed by atoms with Crippen molar-refractivity contribution in [3.63, 3.8) is 0 Å². The molecule has 0 unspecified atom stereocenters. The van der Waals surface area contributed by atoms with Gasteiger partial charge in [-0.3, -0.25) is 0 Å². The van der Waals surface area contributed by atoms with Gasteiger partial charge in [-0.2, -0.15) is 0 Å². The molecule has 22 heavy (non-hydrogen) atoms. The normalized spacial score (nSPS) is 12.1. The molecule has 118 valence electrons. The van der Waals surface area contributed by atoms with E-state index < -0.39 is 0 Å². The molecule has 1 aliphatic carbocycles. The Hall–Kier alpha value is -2.03. The summed E-state index contributed by atoms with van der Waals surface area (Å²) < 4.78 is 4.38. The lowest BCUT2D eigenvalue weighted by Gasteiger charge is -2.26. The summed E-state index contributed by atoms with van der Waals surface area (Å²) >= 11 is 0. The van der Waals surface area contributed by atoms with E-state index in [1.54, 1.807) is 6.20 Å². The molecule has 3 rings (SSSR count). The van der Waals surface area contributed by atoms with Crippen molar-refractivity contribution in [1.82, 2.24) is 14.1 Å². The molecule has 0 radical (unpaired) electrons. The molecule has 0 amide bonds. The van der Waals surface area contributed by atoms with Gasteiger partial charge in [-0.05, 0) is 59.2 Å². The van der Waals surface area contributed by atoms with Crippen molar-refractivity contribution in [3.05, 3.63) is 55.2 Å². The number of hydrogen-bond acceptors (Lipinski definition) is 1. The van der Waals surface area contributed by atoms with Crippen LogP contribution in [0.2, 0.25) is 0 Å². The van der Waals surface area contributed by atoms with Gasteiger partial charge in [0.15, 0.2) is 0 Å². The van der Waals surface area contributed by atoms with Crippen LogP contribution in [0, 0.1) is 0 Å². The highest BCUT2D eigenvalue weighted by atomic mass is 15.1. The van der Waals surface area contributed by atoms with Crippen molar-refractivity contribution < 1.29 is 0 Å². The second kappa shape index (κ2) is 5.99. The summed E-state index contributed by atoms with van der Waals surface area (Å²) in [6.45, 7) is 13.1. The van der Waals surface area contributed by atoms with Gasteiger partial charge in [0.2, 0.25) is 0 Å². The second-order valence-electron chi connectivity index (χ2n) is 7.56. The molecule has 3 nitrogen and oxygen atoms in total. The van der Waals surface area contributed by atoms with Crippen LogP contribution in [0.3, 0.4) is 0 Å². The summed E-state index contributed by atoms with van der Waals surface area (Å²) in [6.07, 6.45) is 7.74.